The highest BCUT2D eigenvalue weighted by molar-refractivity contribution is 6.37. The lowest BCUT2D eigenvalue weighted by Gasteiger charge is -2.29. The van der Waals surface area contributed by atoms with Crippen molar-refractivity contribution < 1.29 is 4.79 Å². The van der Waals surface area contributed by atoms with E-state index in [0.29, 0.717) is 5.92 Å². The average molecular weight is 173 g/mol. The Morgan fingerprint density at radius 1 is 1.55 bits per heavy atom. The molecule has 0 aliphatic heterocycles. The predicted octanol–water partition coefficient (Wildman–Crippen LogP) is 2.37. The fourth-order valence-electron chi connectivity index (χ4n) is 2.58. The Morgan fingerprint density at radius 3 is 2.45 bits per heavy atom. The Balaban J connectivity index is 2.42. The number of alkyl halides is 1. The molecule has 0 aromatic heterocycles. The first kappa shape index (κ1) is 7.60. The summed E-state index contributed by atoms with van der Waals surface area (Å²) in [6, 6.07) is 0. The first-order valence-electron chi connectivity index (χ1n) is 4.21. The third-order valence-electron chi connectivity index (χ3n) is 3.47. The van der Waals surface area contributed by atoms with Crippen LogP contribution >= 0.6 is 11.6 Å². The van der Waals surface area contributed by atoms with Crippen LogP contribution in [0.4, 0.5) is 0 Å². The molecule has 0 N–H and O–H groups in total. The van der Waals surface area contributed by atoms with Crippen LogP contribution in [0.1, 0.15) is 33.1 Å². The normalized spacial score (nSPS) is 46.8. The van der Waals surface area contributed by atoms with Crippen LogP contribution < -0.4 is 0 Å². The quantitative estimate of drug-likeness (QED) is 0.513. The van der Waals surface area contributed by atoms with Crippen LogP contribution in [0.5, 0.6) is 0 Å². The van der Waals surface area contributed by atoms with Gasteiger partial charge in [-0.15, -0.1) is 11.6 Å². The van der Waals surface area contributed by atoms with Gasteiger partial charge in [0, 0.05) is 5.41 Å². The molecule has 0 aromatic carbocycles. The van der Waals surface area contributed by atoms with E-state index < -0.39 is 4.87 Å². The molecule has 2 rings (SSSR count). The second-order valence-electron chi connectivity index (χ2n) is 4.46. The maximum Gasteiger partial charge on any atom is 0.159 e. The van der Waals surface area contributed by atoms with Crippen molar-refractivity contribution in [3.05, 3.63) is 0 Å². The fourth-order valence-corrected chi connectivity index (χ4v) is 3.12. The zero-order valence-corrected chi connectivity index (χ0v) is 7.74. The lowest BCUT2D eigenvalue weighted by molar-refractivity contribution is -0.129. The Bertz CT molecular complexity index is 215. The monoisotopic (exact) mass is 172 g/mol. The van der Waals surface area contributed by atoms with E-state index in [0.717, 1.165) is 19.3 Å². The highest BCUT2D eigenvalue weighted by atomic mass is 35.5. The molecule has 2 aliphatic carbocycles. The zero-order valence-electron chi connectivity index (χ0n) is 6.98. The van der Waals surface area contributed by atoms with Crippen molar-refractivity contribution in [3.8, 4) is 0 Å². The summed E-state index contributed by atoms with van der Waals surface area (Å²) in [5.74, 6) is 0.829. The van der Waals surface area contributed by atoms with Crippen LogP contribution in [0, 0.1) is 11.3 Å². The second-order valence-corrected chi connectivity index (χ2v) is 5.18. The Hall–Kier alpha value is -0.0400. The van der Waals surface area contributed by atoms with Crippen molar-refractivity contribution in [1.29, 1.82) is 0 Å². The van der Waals surface area contributed by atoms with Crippen LogP contribution in [0.15, 0.2) is 0 Å². The standard InChI is InChI=1S/C9H13ClO/c1-8(2)6-3-4-9(10,5-6)7(8)11/h6H,3-5H2,1-2H3. The molecule has 0 spiro atoms. The molecule has 0 saturated heterocycles. The van der Waals surface area contributed by atoms with Crippen molar-refractivity contribution in [2.45, 2.75) is 38.0 Å². The van der Waals surface area contributed by atoms with Crippen molar-refractivity contribution in [1.82, 2.24) is 0 Å². The van der Waals surface area contributed by atoms with Crippen LogP contribution in [0.3, 0.4) is 0 Å². The number of hydrogen-bond acceptors (Lipinski definition) is 1. The first-order valence-corrected chi connectivity index (χ1v) is 4.58. The van der Waals surface area contributed by atoms with Gasteiger partial charge in [-0.25, -0.2) is 0 Å². The average Bonchev–Trinajstić information content (AvgIpc) is 2.36. The molecule has 0 amide bonds. The number of ketones is 1. The predicted molar refractivity (Wildman–Crippen MR) is 44.7 cm³/mol. The van der Waals surface area contributed by atoms with Gasteiger partial charge in [0.2, 0.25) is 0 Å². The Morgan fingerprint density at radius 2 is 2.18 bits per heavy atom. The Kier molecular flexibility index (Phi) is 1.26. The summed E-state index contributed by atoms with van der Waals surface area (Å²) in [5, 5.41) is 0. The molecule has 62 valence electrons. The lowest BCUT2D eigenvalue weighted by atomic mass is 9.75. The van der Waals surface area contributed by atoms with Gasteiger partial charge in [-0.2, -0.15) is 0 Å². The van der Waals surface area contributed by atoms with Crippen molar-refractivity contribution in [2.75, 3.05) is 0 Å². The number of carbonyl (C=O) groups excluding carboxylic acids is 1. The van der Waals surface area contributed by atoms with Gasteiger partial charge >= 0.3 is 0 Å². The summed E-state index contributed by atoms with van der Waals surface area (Å²) in [6.07, 6.45) is 2.96. The van der Waals surface area contributed by atoms with E-state index in [1.54, 1.807) is 0 Å². The largest absolute Gasteiger partial charge is 0.297 e. The van der Waals surface area contributed by atoms with E-state index in [1.807, 2.05) is 13.8 Å². The summed E-state index contributed by atoms with van der Waals surface area (Å²) in [5.41, 5.74) is -0.139. The number of carbonyl (C=O) groups is 1. The van der Waals surface area contributed by atoms with Gasteiger partial charge in [0.15, 0.2) is 5.78 Å². The molecule has 0 heterocycles. The van der Waals surface area contributed by atoms with E-state index in [1.165, 1.54) is 0 Å². The van der Waals surface area contributed by atoms with Crippen LogP contribution in [-0.4, -0.2) is 10.7 Å². The molecule has 2 aliphatic rings. The van der Waals surface area contributed by atoms with Gasteiger partial charge < -0.3 is 0 Å². The highest BCUT2D eigenvalue weighted by Gasteiger charge is 2.60. The Labute approximate surface area is 72.1 Å². The maximum absolute atomic E-state index is 11.7. The molecule has 0 radical (unpaired) electrons. The number of hydrogen-bond donors (Lipinski definition) is 0. The molecule has 0 aromatic rings. The van der Waals surface area contributed by atoms with E-state index in [9.17, 15) is 4.79 Å². The van der Waals surface area contributed by atoms with Crippen molar-refractivity contribution >= 4 is 17.4 Å². The van der Waals surface area contributed by atoms with Crippen LogP contribution in [0.2, 0.25) is 0 Å². The highest BCUT2D eigenvalue weighted by Crippen LogP contribution is 2.58. The molecule has 2 fully saturated rings. The summed E-state index contributed by atoms with van der Waals surface area (Å²) >= 11 is 6.18. The minimum Gasteiger partial charge on any atom is -0.297 e. The lowest BCUT2D eigenvalue weighted by Crippen LogP contribution is -2.37. The first-order chi connectivity index (χ1) is 4.97. The van der Waals surface area contributed by atoms with E-state index in [-0.39, 0.29) is 11.2 Å². The van der Waals surface area contributed by atoms with Crippen molar-refractivity contribution in [3.63, 3.8) is 0 Å². The summed E-state index contributed by atoms with van der Waals surface area (Å²) in [4.78, 5) is 11.2. The zero-order chi connectivity index (χ0) is 8.28. The molecule has 2 atom stereocenters. The molecule has 2 saturated carbocycles. The topological polar surface area (TPSA) is 17.1 Å². The third kappa shape index (κ3) is 0.752. The summed E-state index contributed by atoms with van der Waals surface area (Å²) in [6.45, 7) is 4.06. The SMILES string of the molecule is CC1(C)C(=O)C2(Cl)CCC1C2. The van der Waals surface area contributed by atoms with E-state index in [2.05, 4.69) is 0 Å². The van der Waals surface area contributed by atoms with Crippen LogP contribution in [0.25, 0.3) is 0 Å². The smallest absolute Gasteiger partial charge is 0.159 e. The second kappa shape index (κ2) is 1.82. The summed E-state index contributed by atoms with van der Waals surface area (Å²) in [7, 11) is 0. The van der Waals surface area contributed by atoms with Gasteiger partial charge in [-0.3, -0.25) is 4.79 Å². The molecule has 11 heavy (non-hydrogen) atoms. The van der Waals surface area contributed by atoms with Gasteiger partial charge in [-0.05, 0) is 25.2 Å². The number of Topliss-reactive ketones (excluding diaryl/α,β-unsaturated/α-hetero) is 1. The van der Waals surface area contributed by atoms with Gasteiger partial charge in [0.05, 0.1) is 0 Å². The number of fused-ring (bicyclic) bond motifs is 2. The maximum atomic E-state index is 11.7. The molecule has 1 nitrogen and oxygen atoms in total. The van der Waals surface area contributed by atoms with Gasteiger partial charge in [0.25, 0.3) is 0 Å². The molecular formula is C9H13ClO. The molecule has 2 unspecified atom stereocenters. The van der Waals surface area contributed by atoms with Crippen molar-refractivity contribution in [2.24, 2.45) is 11.3 Å². The minimum atomic E-state index is -0.464. The third-order valence-corrected chi connectivity index (χ3v) is 3.99. The fraction of sp³-hybridized carbons (Fsp3) is 0.889. The van der Waals surface area contributed by atoms with E-state index >= 15 is 0 Å². The molecule has 2 bridgehead atoms. The molecular weight excluding hydrogens is 160 g/mol. The van der Waals surface area contributed by atoms with Crippen LogP contribution in [-0.2, 0) is 4.79 Å². The number of halogens is 1. The molecule has 2 heteroatoms. The number of rotatable bonds is 0. The minimum absolute atomic E-state index is 0.139. The summed E-state index contributed by atoms with van der Waals surface area (Å²) < 4.78 is 0. The van der Waals surface area contributed by atoms with E-state index in [4.69, 9.17) is 11.6 Å². The van der Waals surface area contributed by atoms with Gasteiger partial charge in [-0.1, -0.05) is 13.8 Å². The van der Waals surface area contributed by atoms with Gasteiger partial charge in [0.1, 0.15) is 4.87 Å².